The Kier molecular flexibility index (Phi) is 5.00. The Morgan fingerprint density at radius 3 is 2.80 bits per heavy atom. The number of carbonyl (C=O) groups excluding carboxylic acids is 1. The van der Waals surface area contributed by atoms with Crippen molar-refractivity contribution in [2.75, 3.05) is 11.1 Å². The second-order valence-corrected chi connectivity index (χ2v) is 6.31. The summed E-state index contributed by atoms with van der Waals surface area (Å²) in [5.41, 5.74) is 1.35. The fourth-order valence-corrected chi connectivity index (χ4v) is 3.42. The van der Waals surface area contributed by atoms with Crippen LogP contribution < -0.4 is 5.32 Å². The van der Waals surface area contributed by atoms with E-state index in [1.165, 1.54) is 37.8 Å². The van der Waals surface area contributed by atoms with E-state index in [1.54, 1.807) is 17.8 Å². The Morgan fingerprint density at radius 1 is 1.45 bits per heavy atom. The molecule has 0 atom stereocenters. The van der Waals surface area contributed by atoms with Crippen LogP contribution in [0.5, 0.6) is 0 Å². The smallest absolute Gasteiger partial charge is 0.271 e. The summed E-state index contributed by atoms with van der Waals surface area (Å²) in [5, 5.41) is 14.1. The highest BCUT2D eigenvalue weighted by molar-refractivity contribution is 8.00. The number of nitrogens with one attached hydrogen (secondary N) is 1. The van der Waals surface area contributed by atoms with Crippen molar-refractivity contribution < 1.29 is 9.72 Å². The first kappa shape index (κ1) is 14.8. The van der Waals surface area contributed by atoms with Gasteiger partial charge in [-0.3, -0.25) is 14.9 Å². The Balaban J connectivity index is 1.92. The lowest BCUT2D eigenvalue weighted by atomic mass is 10.2. The first-order valence-corrected chi connectivity index (χ1v) is 7.77. The summed E-state index contributed by atoms with van der Waals surface area (Å²) >= 11 is 1.68. The fraction of sp³-hybridized carbons (Fsp3) is 0.500. The largest absolute Gasteiger partial charge is 0.325 e. The molecule has 0 saturated heterocycles. The highest BCUT2D eigenvalue weighted by Crippen LogP contribution is 2.29. The fourth-order valence-electron chi connectivity index (χ4n) is 2.29. The molecular formula is C14H18N2O3S. The van der Waals surface area contributed by atoms with Gasteiger partial charge in [-0.1, -0.05) is 18.9 Å². The van der Waals surface area contributed by atoms with Gasteiger partial charge in [0.1, 0.15) is 0 Å². The van der Waals surface area contributed by atoms with Crippen LogP contribution in [0.25, 0.3) is 0 Å². The molecule has 108 valence electrons. The van der Waals surface area contributed by atoms with Crippen LogP contribution in [-0.2, 0) is 4.79 Å². The maximum atomic E-state index is 11.9. The van der Waals surface area contributed by atoms with E-state index in [9.17, 15) is 14.9 Å². The second kappa shape index (κ2) is 6.74. The van der Waals surface area contributed by atoms with Crippen molar-refractivity contribution in [2.45, 2.75) is 37.9 Å². The first-order valence-electron chi connectivity index (χ1n) is 6.73. The molecule has 1 aromatic rings. The number of amides is 1. The zero-order valence-electron chi connectivity index (χ0n) is 11.4. The highest BCUT2D eigenvalue weighted by atomic mass is 32.2. The van der Waals surface area contributed by atoms with Crippen molar-refractivity contribution in [3.05, 3.63) is 33.9 Å². The average molecular weight is 294 g/mol. The van der Waals surface area contributed by atoms with Gasteiger partial charge in [-0.15, -0.1) is 11.8 Å². The summed E-state index contributed by atoms with van der Waals surface area (Å²) < 4.78 is 0. The molecule has 1 fully saturated rings. The second-order valence-electron chi connectivity index (χ2n) is 5.02. The number of thioether (sulfide) groups is 1. The minimum atomic E-state index is -0.456. The van der Waals surface area contributed by atoms with Gasteiger partial charge in [0.25, 0.3) is 5.69 Å². The quantitative estimate of drug-likeness (QED) is 0.666. The summed E-state index contributed by atoms with van der Waals surface area (Å²) in [7, 11) is 0. The van der Waals surface area contributed by atoms with E-state index in [-0.39, 0.29) is 11.6 Å². The number of anilines is 1. The van der Waals surface area contributed by atoms with E-state index in [0.717, 1.165) is 5.56 Å². The Morgan fingerprint density at radius 2 is 2.15 bits per heavy atom. The van der Waals surface area contributed by atoms with Gasteiger partial charge in [-0.25, -0.2) is 0 Å². The van der Waals surface area contributed by atoms with Crippen molar-refractivity contribution in [1.29, 1.82) is 0 Å². The van der Waals surface area contributed by atoms with Crippen molar-refractivity contribution in [2.24, 2.45) is 0 Å². The minimum Gasteiger partial charge on any atom is -0.325 e. The summed E-state index contributed by atoms with van der Waals surface area (Å²) in [6.07, 6.45) is 4.88. The SMILES string of the molecule is Cc1ccc([N+](=O)[O-])cc1NC(=O)CSC1CCCC1. The molecule has 1 amide bonds. The van der Waals surface area contributed by atoms with Gasteiger partial charge in [0.05, 0.1) is 16.4 Å². The predicted molar refractivity (Wildman–Crippen MR) is 81.2 cm³/mol. The molecule has 0 bridgehead atoms. The summed E-state index contributed by atoms with van der Waals surface area (Å²) in [4.78, 5) is 22.2. The van der Waals surface area contributed by atoms with Crippen LogP contribution >= 0.6 is 11.8 Å². The normalized spacial score (nSPS) is 15.2. The van der Waals surface area contributed by atoms with Gasteiger partial charge < -0.3 is 5.32 Å². The third kappa shape index (κ3) is 3.96. The Hall–Kier alpha value is -1.56. The molecule has 0 heterocycles. The third-order valence-electron chi connectivity index (χ3n) is 3.46. The summed E-state index contributed by atoms with van der Waals surface area (Å²) in [5.74, 6) is 0.317. The zero-order chi connectivity index (χ0) is 14.5. The van der Waals surface area contributed by atoms with Crippen LogP contribution in [0.2, 0.25) is 0 Å². The maximum Gasteiger partial charge on any atom is 0.271 e. The van der Waals surface area contributed by atoms with Gasteiger partial charge in [0.2, 0.25) is 5.91 Å². The Labute approximate surface area is 122 Å². The van der Waals surface area contributed by atoms with Crippen LogP contribution in [0.3, 0.4) is 0 Å². The third-order valence-corrected chi connectivity index (χ3v) is 4.83. The number of nitro benzene ring substituents is 1. The first-order chi connectivity index (χ1) is 9.56. The lowest BCUT2D eigenvalue weighted by Crippen LogP contribution is -2.16. The monoisotopic (exact) mass is 294 g/mol. The number of hydrogen-bond donors (Lipinski definition) is 1. The number of benzene rings is 1. The number of nitrogens with zero attached hydrogens (tertiary/aromatic N) is 1. The molecule has 1 aliphatic rings. The lowest BCUT2D eigenvalue weighted by molar-refractivity contribution is -0.384. The van der Waals surface area contributed by atoms with Crippen LogP contribution in [-0.4, -0.2) is 21.8 Å². The molecule has 0 spiro atoms. The number of rotatable bonds is 5. The molecule has 1 aromatic carbocycles. The van der Waals surface area contributed by atoms with Gasteiger partial charge >= 0.3 is 0 Å². The molecule has 0 aliphatic heterocycles. The molecule has 6 heteroatoms. The number of carbonyl (C=O) groups is 1. The van der Waals surface area contributed by atoms with Crippen molar-refractivity contribution in [3.63, 3.8) is 0 Å². The van der Waals surface area contributed by atoms with Crippen molar-refractivity contribution >= 4 is 29.0 Å². The average Bonchev–Trinajstić information content (AvgIpc) is 2.92. The highest BCUT2D eigenvalue weighted by Gasteiger charge is 2.17. The molecule has 0 radical (unpaired) electrons. The molecular weight excluding hydrogens is 276 g/mol. The molecule has 5 nitrogen and oxygen atoms in total. The van der Waals surface area contributed by atoms with Crippen molar-refractivity contribution in [3.8, 4) is 0 Å². The zero-order valence-corrected chi connectivity index (χ0v) is 12.2. The van der Waals surface area contributed by atoms with E-state index in [0.29, 0.717) is 16.7 Å². The molecule has 20 heavy (non-hydrogen) atoms. The standard InChI is InChI=1S/C14H18N2O3S/c1-10-6-7-11(16(18)19)8-13(10)15-14(17)9-20-12-4-2-3-5-12/h6-8,12H,2-5,9H2,1H3,(H,15,17). The topological polar surface area (TPSA) is 72.2 Å². The van der Waals surface area contributed by atoms with E-state index in [4.69, 9.17) is 0 Å². The number of hydrogen-bond acceptors (Lipinski definition) is 4. The van der Waals surface area contributed by atoms with E-state index in [1.807, 2.05) is 6.92 Å². The molecule has 1 saturated carbocycles. The van der Waals surface area contributed by atoms with Crippen LogP contribution in [0.4, 0.5) is 11.4 Å². The van der Waals surface area contributed by atoms with Crippen molar-refractivity contribution in [1.82, 2.24) is 0 Å². The van der Waals surface area contributed by atoms with E-state index >= 15 is 0 Å². The van der Waals surface area contributed by atoms with Gasteiger partial charge in [-0.2, -0.15) is 0 Å². The summed E-state index contributed by atoms with van der Waals surface area (Å²) in [6, 6.07) is 4.50. The lowest BCUT2D eigenvalue weighted by Gasteiger charge is -2.10. The number of aryl methyl sites for hydroxylation is 1. The van der Waals surface area contributed by atoms with E-state index < -0.39 is 4.92 Å². The van der Waals surface area contributed by atoms with Gasteiger partial charge in [0.15, 0.2) is 0 Å². The molecule has 0 unspecified atom stereocenters. The number of non-ortho nitro benzene ring substituents is 1. The van der Waals surface area contributed by atoms with Crippen LogP contribution in [0, 0.1) is 17.0 Å². The molecule has 2 rings (SSSR count). The van der Waals surface area contributed by atoms with Gasteiger partial charge in [-0.05, 0) is 25.3 Å². The number of nitro groups is 1. The van der Waals surface area contributed by atoms with Gasteiger partial charge in [0, 0.05) is 17.4 Å². The maximum absolute atomic E-state index is 11.9. The molecule has 1 N–H and O–H groups in total. The Bertz CT molecular complexity index is 513. The predicted octanol–water partition coefficient (Wildman–Crippen LogP) is 3.52. The van der Waals surface area contributed by atoms with Crippen LogP contribution in [0.1, 0.15) is 31.2 Å². The molecule has 0 aromatic heterocycles. The van der Waals surface area contributed by atoms with E-state index in [2.05, 4.69) is 5.32 Å². The van der Waals surface area contributed by atoms with Crippen LogP contribution in [0.15, 0.2) is 18.2 Å². The summed E-state index contributed by atoms with van der Waals surface area (Å²) in [6.45, 7) is 1.82. The molecule has 1 aliphatic carbocycles. The minimum absolute atomic E-state index is 0.00524.